The Hall–Kier alpha value is -2.75. The third-order valence-corrected chi connectivity index (χ3v) is 5.76. The maximum atomic E-state index is 12.9. The average molecular weight is 458 g/mol. The lowest BCUT2D eigenvalue weighted by Crippen LogP contribution is -2.32. The van der Waals surface area contributed by atoms with Crippen molar-refractivity contribution < 1.29 is 26.4 Å². The van der Waals surface area contributed by atoms with Crippen molar-refractivity contribution in [3.05, 3.63) is 59.7 Å². The van der Waals surface area contributed by atoms with Gasteiger partial charge in [0.25, 0.3) is 0 Å². The molecule has 10 heteroatoms. The Kier molecular flexibility index (Phi) is 7.94. The Morgan fingerprint density at radius 1 is 1.03 bits per heavy atom. The molecule has 0 aromatic heterocycles. The predicted molar refractivity (Wildman–Crippen MR) is 115 cm³/mol. The van der Waals surface area contributed by atoms with Crippen LogP contribution in [0.1, 0.15) is 24.0 Å². The van der Waals surface area contributed by atoms with Gasteiger partial charge >= 0.3 is 6.18 Å². The molecule has 0 atom stereocenters. The molecule has 0 spiro atoms. The fourth-order valence-electron chi connectivity index (χ4n) is 2.91. The van der Waals surface area contributed by atoms with Crippen LogP contribution in [0.3, 0.4) is 0 Å². The van der Waals surface area contributed by atoms with Gasteiger partial charge in [-0.3, -0.25) is 9.10 Å². The second-order valence-electron chi connectivity index (χ2n) is 7.32. The molecule has 2 aromatic rings. The number of nitrogens with zero attached hydrogens (tertiary/aromatic N) is 2. The number of benzene rings is 2. The minimum atomic E-state index is -4.58. The zero-order chi connectivity index (χ0) is 23.2. The molecule has 0 unspecified atom stereocenters. The number of alkyl halides is 3. The zero-order valence-electron chi connectivity index (χ0n) is 17.6. The van der Waals surface area contributed by atoms with Crippen LogP contribution < -0.4 is 14.5 Å². The molecule has 0 heterocycles. The van der Waals surface area contributed by atoms with Gasteiger partial charge in [-0.2, -0.15) is 13.2 Å². The molecule has 6 nitrogen and oxygen atoms in total. The van der Waals surface area contributed by atoms with E-state index in [1.807, 2.05) is 43.3 Å². The number of carbonyl (C=O) groups excluding carboxylic acids is 1. The maximum absolute atomic E-state index is 12.9. The molecule has 170 valence electrons. The second-order valence-corrected chi connectivity index (χ2v) is 9.23. The van der Waals surface area contributed by atoms with E-state index in [1.54, 1.807) is 0 Å². The van der Waals surface area contributed by atoms with Crippen molar-refractivity contribution in [3.63, 3.8) is 0 Å². The highest BCUT2D eigenvalue weighted by Crippen LogP contribution is 2.32. The maximum Gasteiger partial charge on any atom is 0.416 e. The number of sulfonamides is 1. The molecule has 1 N–H and O–H groups in total. The van der Waals surface area contributed by atoms with Crippen molar-refractivity contribution in [2.45, 2.75) is 25.6 Å². The molecule has 31 heavy (non-hydrogen) atoms. The van der Waals surface area contributed by atoms with Gasteiger partial charge in [0.15, 0.2) is 0 Å². The quantitative estimate of drug-likeness (QED) is 0.624. The molecule has 0 saturated heterocycles. The number of nitrogens with one attached hydrogen (secondary N) is 1. The lowest BCUT2D eigenvalue weighted by Gasteiger charge is -2.23. The van der Waals surface area contributed by atoms with Crippen molar-refractivity contribution in [2.24, 2.45) is 0 Å². The first-order valence-corrected chi connectivity index (χ1v) is 11.4. The van der Waals surface area contributed by atoms with Gasteiger partial charge in [-0.1, -0.05) is 18.2 Å². The van der Waals surface area contributed by atoms with Crippen LogP contribution in [-0.4, -0.2) is 41.2 Å². The largest absolute Gasteiger partial charge is 0.416 e. The molecular formula is C21H26F3N3O3S. The molecule has 0 aliphatic heterocycles. The Balaban J connectivity index is 1.93. The Morgan fingerprint density at radius 2 is 1.68 bits per heavy atom. The highest BCUT2D eigenvalue weighted by atomic mass is 32.2. The van der Waals surface area contributed by atoms with Gasteiger partial charge in [-0.05, 0) is 42.3 Å². The van der Waals surface area contributed by atoms with Crippen molar-refractivity contribution in [2.75, 3.05) is 36.1 Å². The summed E-state index contributed by atoms with van der Waals surface area (Å²) >= 11 is 0. The number of hydrogen-bond donors (Lipinski definition) is 1. The standard InChI is InChI=1S/C21H26F3N3O3S/c1-26(2)18-11-9-16(10-12-18)15-25-20(28)8-5-13-27(31(3,29)30)19-7-4-6-17(14-19)21(22,23)24/h4,6-7,9-12,14H,5,8,13,15H2,1-3H3,(H,25,28). The van der Waals surface area contributed by atoms with Gasteiger partial charge in [0.1, 0.15) is 0 Å². The van der Waals surface area contributed by atoms with Gasteiger partial charge in [0.05, 0.1) is 17.5 Å². The van der Waals surface area contributed by atoms with Crippen molar-refractivity contribution >= 4 is 27.3 Å². The summed E-state index contributed by atoms with van der Waals surface area (Å²) in [5.41, 5.74) is 0.932. The van der Waals surface area contributed by atoms with Crippen LogP contribution in [0.25, 0.3) is 0 Å². The zero-order valence-corrected chi connectivity index (χ0v) is 18.4. The lowest BCUT2D eigenvalue weighted by atomic mass is 10.2. The Morgan fingerprint density at radius 3 is 2.23 bits per heavy atom. The average Bonchev–Trinajstić information content (AvgIpc) is 2.68. The van der Waals surface area contributed by atoms with E-state index in [-0.39, 0.29) is 31.0 Å². The Bertz CT molecular complexity index is 991. The molecule has 0 aliphatic carbocycles. The highest BCUT2D eigenvalue weighted by Gasteiger charge is 2.31. The minimum Gasteiger partial charge on any atom is -0.378 e. The number of halogens is 3. The van der Waals surface area contributed by atoms with E-state index in [9.17, 15) is 26.4 Å². The number of hydrogen-bond acceptors (Lipinski definition) is 4. The van der Waals surface area contributed by atoms with Crippen LogP contribution in [0.2, 0.25) is 0 Å². The number of anilines is 2. The monoisotopic (exact) mass is 457 g/mol. The van der Waals surface area contributed by atoms with Gasteiger partial charge in [0.2, 0.25) is 15.9 Å². The first-order valence-electron chi connectivity index (χ1n) is 9.56. The first-order chi connectivity index (χ1) is 14.4. The molecule has 0 fully saturated rings. The van der Waals surface area contributed by atoms with E-state index in [1.165, 1.54) is 6.07 Å². The topological polar surface area (TPSA) is 69.7 Å². The molecule has 1 amide bonds. The lowest BCUT2D eigenvalue weighted by molar-refractivity contribution is -0.137. The fourth-order valence-corrected chi connectivity index (χ4v) is 3.87. The van der Waals surface area contributed by atoms with Crippen molar-refractivity contribution in [1.29, 1.82) is 0 Å². The second kappa shape index (κ2) is 10.0. The number of carbonyl (C=O) groups is 1. The van der Waals surface area contributed by atoms with E-state index in [2.05, 4.69) is 5.32 Å². The van der Waals surface area contributed by atoms with Crippen LogP contribution in [0.15, 0.2) is 48.5 Å². The third kappa shape index (κ3) is 7.46. The van der Waals surface area contributed by atoms with Crippen molar-refractivity contribution in [3.8, 4) is 0 Å². The summed E-state index contributed by atoms with van der Waals surface area (Å²) in [6.45, 7) is 0.223. The fraction of sp³-hybridized carbons (Fsp3) is 0.381. The first kappa shape index (κ1) is 24.5. The van der Waals surface area contributed by atoms with Gasteiger partial charge < -0.3 is 10.2 Å². The van der Waals surface area contributed by atoms with Gasteiger partial charge in [0, 0.05) is 39.3 Å². The molecule has 2 aromatic carbocycles. The normalized spacial score (nSPS) is 11.8. The summed E-state index contributed by atoms with van der Waals surface area (Å²) < 4.78 is 63.9. The van der Waals surface area contributed by atoms with E-state index >= 15 is 0 Å². The number of rotatable bonds is 9. The summed E-state index contributed by atoms with van der Waals surface area (Å²) in [7, 11) is 0.0388. The summed E-state index contributed by atoms with van der Waals surface area (Å²) in [4.78, 5) is 14.1. The molecular weight excluding hydrogens is 431 g/mol. The smallest absolute Gasteiger partial charge is 0.378 e. The summed E-state index contributed by atoms with van der Waals surface area (Å²) in [6.07, 6.45) is -3.45. The SMILES string of the molecule is CN(C)c1ccc(CNC(=O)CCCN(c2cccc(C(F)(F)F)c2)S(C)(=O)=O)cc1. The minimum absolute atomic E-state index is 0.0424. The number of amides is 1. The third-order valence-electron chi connectivity index (χ3n) is 4.57. The Labute approximate surface area is 180 Å². The summed E-state index contributed by atoms with van der Waals surface area (Å²) in [6, 6.07) is 11.8. The highest BCUT2D eigenvalue weighted by molar-refractivity contribution is 7.92. The van der Waals surface area contributed by atoms with Crippen LogP contribution in [0.4, 0.5) is 24.5 Å². The van der Waals surface area contributed by atoms with Crippen molar-refractivity contribution in [1.82, 2.24) is 5.32 Å². The van der Waals surface area contributed by atoms with E-state index in [0.717, 1.165) is 40.0 Å². The molecule has 2 rings (SSSR count). The molecule has 0 radical (unpaired) electrons. The molecule has 0 bridgehead atoms. The van der Waals surface area contributed by atoms with E-state index in [4.69, 9.17) is 0 Å². The van der Waals surface area contributed by atoms with Crippen LogP contribution >= 0.6 is 0 Å². The van der Waals surface area contributed by atoms with Crippen LogP contribution in [0.5, 0.6) is 0 Å². The van der Waals surface area contributed by atoms with E-state index in [0.29, 0.717) is 6.54 Å². The summed E-state index contributed by atoms with van der Waals surface area (Å²) in [5.74, 6) is -0.269. The van der Waals surface area contributed by atoms with E-state index < -0.39 is 21.8 Å². The predicted octanol–water partition coefficient (Wildman–Crippen LogP) is 3.63. The summed E-state index contributed by atoms with van der Waals surface area (Å²) in [5, 5.41) is 2.76. The molecule has 0 saturated carbocycles. The van der Waals surface area contributed by atoms with Gasteiger partial charge in [-0.15, -0.1) is 0 Å². The van der Waals surface area contributed by atoms with Crippen LogP contribution in [-0.2, 0) is 27.5 Å². The van der Waals surface area contributed by atoms with Crippen LogP contribution in [0, 0.1) is 0 Å². The molecule has 0 aliphatic rings. The van der Waals surface area contributed by atoms with Gasteiger partial charge in [-0.25, -0.2) is 8.42 Å².